The van der Waals surface area contributed by atoms with Crippen molar-refractivity contribution in [1.82, 2.24) is 0 Å². The maximum Gasteiger partial charge on any atom is 0.256 e. The van der Waals surface area contributed by atoms with Gasteiger partial charge >= 0.3 is 0 Å². The summed E-state index contributed by atoms with van der Waals surface area (Å²) in [5.41, 5.74) is 3.84. The van der Waals surface area contributed by atoms with Crippen LogP contribution in [0.25, 0.3) is 0 Å². The molecule has 0 atom stereocenters. The summed E-state index contributed by atoms with van der Waals surface area (Å²) in [7, 11) is 0. The topological polar surface area (TPSA) is 29.1 Å². The summed E-state index contributed by atoms with van der Waals surface area (Å²) < 4.78 is 0. The van der Waals surface area contributed by atoms with Gasteiger partial charge in [-0.25, -0.2) is 0 Å². The fraction of sp³-hybridized carbons (Fsp3) is 0.312. The minimum atomic E-state index is -0.0238. The van der Waals surface area contributed by atoms with Crippen molar-refractivity contribution in [1.29, 1.82) is 0 Å². The van der Waals surface area contributed by atoms with Crippen LogP contribution < -0.4 is 5.32 Å². The molecule has 104 valence electrons. The molecule has 0 unspecified atom stereocenters. The number of halogens is 1. The van der Waals surface area contributed by atoms with Crippen LogP contribution in [-0.4, -0.2) is 5.91 Å². The first-order valence-corrected chi connectivity index (χ1v) is 8.07. The first-order valence-electron chi connectivity index (χ1n) is 6.82. The van der Waals surface area contributed by atoms with E-state index in [1.54, 1.807) is 17.4 Å². The van der Waals surface area contributed by atoms with Gasteiger partial charge in [0.05, 0.1) is 5.56 Å². The van der Waals surface area contributed by atoms with E-state index < -0.39 is 0 Å². The fourth-order valence-electron chi connectivity index (χ4n) is 2.55. The van der Waals surface area contributed by atoms with Crippen molar-refractivity contribution in [3.63, 3.8) is 0 Å². The Balaban J connectivity index is 1.82. The summed E-state index contributed by atoms with van der Waals surface area (Å²) in [5, 5.41) is 5.61. The van der Waals surface area contributed by atoms with Crippen LogP contribution in [-0.2, 0) is 12.8 Å². The number of aryl methyl sites for hydroxylation is 2. The van der Waals surface area contributed by atoms with Gasteiger partial charge in [0, 0.05) is 21.0 Å². The maximum absolute atomic E-state index is 12.4. The molecule has 0 bridgehead atoms. The Morgan fingerprint density at radius 2 is 2.10 bits per heavy atom. The van der Waals surface area contributed by atoms with Crippen LogP contribution >= 0.6 is 22.9 Å². The predicted octanol–water partition coefficient (Wildman–Crippen LogP) is 4.84. The summed E-state index contributed by atoms with van der Waals surface area (Å²) in [6.45, 7) is 1.95. The second-order valence-corrected chi connectivity index (χ2v) is 6.55. The first kappa shape index (κ1) is 13.7. The van der Waals surface area contributed by atoms with Crippen LogP contribution in [0.1, 0.15) is 39.2 Å². The molecule has 4 heteroatoms. The van der Waals surface area contributed by atoms with Crippen molar-refractivity contribution in [2.75, 3.05) is 5.32 Å². The average Bonchev–Trinajstić information content (AvgIpc) is 2.87. The standard InChI is InChI=1S/C16H16ClNOS/c1-10-6-7-11(8-14(10)17)18-16(19)13-9-20-15-5-3-2-4-12(13)15/h6-9H,2-5H2,1H3,(H,18,19). The van der Waals surface area contributed by atoms with E-state index >= 15 is 0 Å². The van der Waals surface area contributed by atoms with Crippen molar-refractivity contribution in [2.24, 2.45) is 0 Å². The van der Waals surface area contributed by atoms with E-state index in [4.69, 9.17) is 11.6 Å². The van der Waals surface area contributed by atoms with E-state index in [0.29, 0.717) is 5.02 Å². The minimum Gasteiger partial charge on any atom is -0.322 e. The van der Waals surface area contributed by atoms with Gasteiger partial charge in [0.2, 0.25) is 0 Å². The quantitative estimate of drug-likeness (QED) is 0.845. The number of hydrogen-bond acceptors (Lipinski definition) is 2. The fourth-order valence-corrected chi connectivity index (χ4v) is 3.86. The number of benzene rings is 1. The summed E-state index contributed by atoms with van der Waals surface area (Å²) in [6.07, 6.45) is 4.56. The summed E-state index contributed by atoms with van der Waals surface area (Å²) >= 11 is 7.80. The Morgan fingerprint density at radius 3 is 2.90 bits per heavy atom. The van der Waals surface area contributed by atoms with Gasteiger partial charge in [-0.15, -0.1) is 11.3 Å². The van der Waals surface area contributed by atoms with Crippen LogP contribution in [0.4, 0.5) is 5.69 Å². The summed E-state index contributed by atoms with van der Waals surface area (Å²) in [4.78, 5) is 13.8. The Kier molecular flexibility index (Phi) is 3.81. The predicted molar refractivity (Wildman–Crippen MR) is 85.1 cm³/mol. The van der Waals surface area contributed by atoms with Crippen LogP contribution in [0.2, 0.25) is 5.02 Å². The number of anilines is 1. The third kappa shape index (κ3) is 2.60. The number of fused-ring (bicyclic) bond motifs is 1. The largest absolute Gasteiger partial charge is 0.322 e. The summed E-state index contributed by atoms with van der Waals surface area (Å²) in [5.74, 6) is -0.0238. The van der Waals surface area contributed by atoms with Gasteiger partial charge in [-0.1, -0.05) is 17.7 Å². The van der Waals surface area contributed by atoms with Crippen molar-refractivity contribution in [3.8, 4) is 0 Å². The van der Waals surface area contributed by atoms with Crippen LogP contribution in [0.5, 0.6) is 0 Å². The first-order chi connectivity index (χ1) is 9.65. The number of hydrogen-bond donors (Lipinski definition) is 1. The van der Waals surface area contributed by atoms with E-state index in [0.717, 1.165) is 29.7 Å². The molecule has 0 spiro atoms. The van der Waals surface area contributed by atoms with E-state index in [-0.39, 0.29) is 5.91 Å². The number of rotatable bonds is 2. The van der Waals surface area contributed by atoms with Gasteiger partial charge in [-0.2, -0.15) is 0 Å². The highest BCUT2D eigenvalue weighted by molar-refractivity contribution is 7.10. The van der Waals surface area contributed by atoms with Crippen LogP contribution in [0, 0.1) is 6.92 Å². The number of carbonyl (C=O) groups is 1. The van der Waals surface area contributed by atoms with Gasteiger partial charge in [0.25, 0.3) is 5.91 Å². The van der Waals surface area contributed by atoms with E-state index in [1.807, 2.05) is 24.4 Å². The average molecular weight is 306 g/mol. The van der Waals surface area contributed by atoms with Gasteiger partial charge in [-0.05, 0) is 55.9 Å². The molecule has 1 amide bonds. The molecule has 1 heterocycles. The SMILES string of the molecule is Cc1ccc(NC(=O)c2csc3c2CCCC3)cc1Cl. The monoisotopic (exact) mass is 305 g/mol. The smallest absolute Gasteiger partial charge is 0.256 e. The number of thiophene rings is 1. The molecule has 2 aromatic rings. The highest BCUT2D eigenvalue weighted by atomic mass is 35.5. The summed E-state index contributed by atoms with van der Waals surface area (Å²) in [6, 6.07) is 5.60. The highest BCUT2D eigenvalue weighted by Crippen LogP contribution is 2.31. The second-order valence-electron chi connectivity index (χ2n) is 5.18. The zero-order valence-corrected chi connectivity index (χ0v) is 12.9. The molecule has 1 aliphatic carbocycles. The molecule has 0 saturated heterocycles. The molecular formula is C16H16ClNOS. The molecule has 0 fully saturated rings. The zero-order chi connectivity index (χ0) is 14.1. The van der Waals surface area contributed by atoms with Gasteiger partial charge in [-0.3, -0.25) is 4.79 Å². The molecule has 20 heavy (non-hydrogen) atoms. The van der Waals surface area contributed by atoms with Crippen molar-refractivity contribution >= 4 is 34.5 Å². The third-order valence-electron chi connectivity index (χ3n) is 3.74. The lowest BCUT2D eigenvalue weighted by Crippen LogP contribution is -2.14. The number of carbonyl (C=O) groups excluding carboxylic acids is 1. The third-order valence-corrected chi connectivity index (χ3v) is 5.23. The molecule has 0 radical (unpaired) electrons. The Hall–Kier alpha value is -1.32. The zero-order valence-electron chi connectivity index (χ0n) is 11.3. The molecule has 1 N–H and O–H groups in total. The second kappa shape index (κ2) is 5.58. The highest BCUT2D eigenvalue weighted by Gasteiger charge is 2.20. The number of amides is 1. The number of nitrogens with one attached hydrogen (secondary N) is 1. The van der Waals surface area contributed by atoms with Crippen LogP contribution in [0.15, 0.2) is 23.6 Å². The van der Waals surface area contributed by atoms with Gasteiger partial charge in [0.15, 0.2) is 0 Å². The molecule has 0 saturated carbocycles. The molecule has 2 nitrogen and oxygen atoms in total. The lowest BCUT2D eigenvalue weighted by Gasteiger charge is -2.13. The lowest BCUT2D eigenvalue weighted by molar-refractivity contribution is 0.102. The Labute approximate surface area is 127 Å². The lowest BCUT2D eigenvalue weighted by atomic mass is 9.95. The normalized spacial score (nSPS) is 13.9. The molecular weight excluding hydrogens is 290 g/mol. The minimum absolute atomic E-state index is 0.0238. The Morgan fingerprint density at radius 1 is 1.30 bits per heavy atom. The molecule has 1 aromatic carbocycles. The molecule has 1 aromatic heterocycles. The van der Waals surface area contributed by atoms with E-state index in [9.17, 15) is 4.79 Å². The van der Waals surface area contributed by atoms with Crippen molar-refractivity contribution < 1.29 is 4.79 Å². The van der Waals surface area contributed by atoms with Gasteiger partial charge < -0.3 is 5.32 Å². The van der Waals surface area contributed by atoms with Crippen molar-refractivity contribution in [3.05, 3.63) is 50.2 Å². The Bertz CT molecular complexity index is 662. The van der Waals surface area contributed by atoms with Crippen molar-refractivity contribution in [2.45, 2.75) is 32.6 Å². The van der Waals surface area contributed by atoms with E-state index in [1.165, 1.54) is 23.3 Å². The molecule has 0 aliphatic heterocycles. The molecule has 1 aliphatic rings. The van der Waals surface area contributed by atoms with E-state index in [2.05, 4.69) is 5.32 Å². The van der Waals surface area contributed by atoms with Gasteiger partial charge in [0.1, 0.15) is 0 Å². The van der Waals surface area contributed by atoms with Crippen LogP contribution in [0.3, 0.4) is 0 Å². The molecule has 3 rings (SSSR count). The maximum atomic E-state index is 12.4.